The number of aromatic carboxylic acids is 2. The summed E-state index contributed by atoms with van der Waals surface area (Å²) in [4.78, 5) is 22.7. The quantitative estimate of drug-likeness (QED) is 0.565. The van der Waals surface area contributed by atoms with E-state index >= 15 is 0 Å². The summed E-state index contributed by atoms with van der Waals surface area (Å²) in [5.41, 5.74) is -0.251. The van der Waals surface area contributed by atoms with Gasteiger partial charge in [-0.2, -0.15) is 0 Å². The van der Waals surface area contributed by atoms with E-state index in [2.05, 4.69) is 5.09 Å². The minimum absolute atomic E-state index is 0.156. The number of hydrogen-bond donors (Lipinski definition) is 3. The topological polar surface area (TPSA) is 104 Å². The van der Waals surface area contributed by atoms with Crippen molar-refractivity contribution in [1.29, 1.82) is 0 Å². The van der Waals surface area contributed by atoms with Gasteiger partial charge in [0, 0.05) is 16.3 Å². The Morgan fingerprint density at radius 2 is 1.11 bits per heavy atom. The molecule has 0 aliphatic carbocycles. The number of anilines is 1. The number of carboxylic acid groups (broad SMARTS) is 2. The maximum Gasteiger partial charge on any atom is 0.335 e. The van der Waals surface area contributed by atoms with Crippen molar-refractivity contribution in [3.63, 3.8) is 0 Å². The van der Waals surface area contributed by atoms with E-state index in [0.29, 0.717) is 10.6 Å². The average molecular weight is 381 g/mol. The standard InChI is InChI=1S/C20H16NO5P/c22-19(23)14-11-15(20(24)25)13-16(12-14)21-27(26,17-7-3-1-4-8-17)18-9-5-2-6-10-18/h1-13H,(H,21,26)(H,22,23)(H,24,25). The SMILES string of the molecule is O=C(O)c1cc(NP(=O)(c2ccccc2)c2ccccc2)cc(C(=O)O)c1. The van der Waals surface area contributed by atoms with Crippen LogP contribution in [0.1, 0.15) is 20.7 Å². The van der Waals surface area contributed by atoms with Gasteiger partial charge in [0.15, 0.2) is 0 Å². The summed E-state index contributed by atoms with van der Waals surface area (Å²) in [5.74, 6) is -2.54. The molecule has 0 saturated heterocycles. The number of hydrogen-bond acceptors (Lipinski definition) is 3. The first-order valence-electron chi connectivity index (χ1n) is 8.01. The monoisotopic (exact) mass is 381 g/mol. The number of rotatable bonds is 6. The lowest BCUT2D eigenvalue weighted by Crippen LogP contribution is -2.22. The second-order valence-corrected chi connectivity index (χ2v) is 8.28. The molecule has 0 aliphatic rings. The van der Waals surface area contributed by atoms with Gasteiger partial charge >= 0.3 is 11.9 Å². The fourth-order valence-corrected chi connectivity index (χ4v) is 4.91. The van der Waals surface area contributed by atoms with Crippen LogP contribution in [0.2, 0.25) is 0 Å². The van der Waals surface area contributed by atoms with Crippen molar-refractivity contribution in [3.8, 4) is 0 Å². The van der Waals surface area contributed by atoms with Gasteiger partial charge in [-0.1, -0.05) is 36.4 Å². The molecule has 0 fully saturated rings. The number of carbonyl (C=O) groups is 2. The molecule has 0 aliphatic heterocycles. The molecular weight excluding hydrogens is 365 g/mol. The Morgan fingerprint density at radius 3 is 1.48 bits per heavy atom. The van der Waals surface area contributed by atoms with Crippen LogP contribution in [-0.4, -0.2) is 22.2 Å². The van der Waals surface area contributed by atoms with Crippen LogP contribution < -0.4 is 15.7 Å². The third-order valence-electron chi connectivity index (χ3n) is 3.95. The third kappa shape index (κ3) is 3.91. The Balaban J connectivity index is 2.15. The lowest BCUT2D eigenvalue weighted by Gasteiger charge is -2.22. The second kappa shape index (κ2) is 7.48. The molecule has 3 N–H and O–H groups in total. The lowest BCUT2D eigenvalue weighted by molar-refractivity contribution is 0.0696. The first-order valence-corrected chi connectivity index (χ1v) is 9.72. The highest BCUT2D eigenvalue weighted by molar-refractivity contribution is 7.80. The Kier molecular flexibility index (Phi) is 5.10. The fourth-order valence-electron chi connectivity index (χ4n) is 2.67. The van der Waals surface area contributed by atoms with Gasteiger partial charge in [0.2, 0.25) is 7.29 Å². The first kappa shape index (κ1) is 18.4. The van der Waals surface area contributed by atoms with Gasteiger partial charge in [-0.15, -0.1) is 0 Å². The average Bonchev–Trinajstić information content (AvgIpc) is 2.69. The van der Waals surface area contributed by atoms with E-state index in [1.807, 2.05) is 0 Å². The number of nitrogens with one attached hydrogen (secondary N) is 1. The summed E-state index contributed by atoms with van der Waals surface area (Å²) in [6, 6.07) is 21.0. The van der Waals surface area contributed by atoms with E-state index in [1.165, 1.54) is 12.1 Å². The van der Waals surface area contributed by atoms with Gasteiger partial charge in [0.1, 0.15) is 0 Å². The molecule has 0 heterocycles. The minimum Gasteiger partial charge on any atom is -0.478 e. The van der Waals surface area contributed by atoms with Crippen LogP contribution in [0.4, 0.5) is 5.69 Å². The molecule has 0 spiro atoms. The Bertz CT molecular complexity index is 959. The molecule has 3 aromatic carbocycles. The van der Waals surface area contributed by atoms with Crippen LogP contribution in [0.5, 0.6) is 0 Å². The van der Waals surface area contributed by atoms with Crippen LogP contribution in [0.25, 0.3) is 0 Å². The summed E-state index contributed by atoms with van der Waals surface area (Å²) in [6.07, 6.45) is 0. The van der Waals surface area contributed by atoms with Crippen molar-refractivity contribution in [1.82, 2.24) is 0 Å². The summed E-state index contributed by atoms with van der Waals surface area (Å²) in [7, 11) is -3.38. The van der Waals surface area contributed by atoms with Crippen molar-refractivity contribution >= 4 is 35.5 Å². The molecule has 3 aromatic rings. The van der Waals surface area contributed by atoms with Gasteiger partial charge in [0.05, 0.1) is 11.1 Å². The molecule has 0 atom stereocenters. The van der Waals surface area contributed by atoms with Gasteiger partial charge in [0.25, 0.3) is 0 Å². The van der Waals surface area contributed by atoms with Crippen LogP contribution in [0.3, 0.4) is 0 Å². The number of benzene rings is 3. The predicted octanol–water partition coefficient (Wildman–Crippen LogP) is 3.42. The van der Waals surface area contributed by atoms with Crippen LogP contribution in [-0.2, 0) is 4.57 Å². The second-order valence-electron chi connectivity index (χ2n) is 5.80. The first-order chi connectivity index (χ1) is 12.9. The van der Waals surface area contributed by atoms with Gasteiger partial charge < -0.3 is 15.3 Å². The molecule has 7 heteroatoms. The molecular formula is C20H16NO5P. The molecule has 0 amide bonds. The zero-order chi connectivity index (χ0) is 19.4. The normalized spacial score (nSPS) is 11.0. The smallest absolute Gasteiger partial charge is 0.335 e. The van der Waals surface area contributed by atoms with E-state index in [0.717, 1.165) is 6.07 Å². The third-order valence-corrected chi connectivity index (χ3v) is 6.58. The van der Waals surface area contributed by atoms with Gasteiger partial charge in [-0.3, -0.25) is 4.57 Å². The van der Waals surface area contributed by atoms with Crippen molar-refractivity contribution in [2.45, 2.75) is 0 Å². The van der Waals surface area contributed by atoms with E-state index in [9.17, 15) is 24.4 Å². The van der Waals surface area contributed by atoms with E-state index in [4.69, 9.17) is 0 Å². The molecule has 0 unspecified atom stereocenters. The highest BCUT2D eigenvalue weighted by Gasteiger charge is 2.28. The maximum atomic E-state index is 13.9. The van der Waals surface area contributed by atoms with Crippen LogP contribution in [0, 0.1) is 0 Å². The van der Waals surface area contributed by atoms with Crippen molar-refractivity contribution in [2.24, 2.45) is 0 Å². The van der Waals surface area contributed by atoms with E-state index in [-0.39, 0.29) is 16.8 Å². The Hall–Kier alpha value is -3.37. The van der Waals surface area contributed by atoms with E-state index in [1.54, 1.807) is 60.7 Å². The minimum atomic E-state index is -3.38. The maximum absolute atomic E-state index is 13.9. The Morgan fingerprint density at radius 1 is 0.704 bits per heavy atom. The fraction of sp³-hybridized carbons (Fsp3) is 0. The van der Waals surface area contributed by atoms with Gasteiger partial charge in [-0.05, 0) is 42.5 Å². The highest BCUT2D eigenvalue weighted by Crippen LogP contribution is 2.43. The molecule has 3 rings (SSSR count). The summed E-state index contributed by atoms with van der Waals surface area (Å²) < 4.78 is 13.9. The molecule has 136 valence electrons. The zero-order valence-electron chi connectivity index (χ0n) is 14.1. The molecule has 6 nitrogen and oxygen atoms in total. The largest absolute Gasteiger partial charge is 0.478 e. The van der Waals surface area contributed by atoms with E-state index < -0.39 is 19.2 Å². The predicted molar refractivity (Wildman–Crippen MR) is 104 cm³/mol. The highest BCUT2D eigenvalue weighted by atomic mass is 31.2. The van der Waals surface area contributed by atoms with Crippen LogP contribution >= 0.6 is 7.29 Å². The Labute approximate surface area is 155 Å². The summed E-state index contributed by atoms with van der Waals surface area (Å²) in [6.45, 7) is 0. The van der Waals surface area contributed by atoms with Gasteiger partial charge in [-0.25, -0.2) is 9.59 Å². The van der Waals surface area contributed by atoms with Crippen molar-refractivity contribution in [2.75, 3.05) is 5.09 Å². The zero-order valence-corrected chi connectivity index (χ0v) is 15.0. The molecule has 0 saturated carbocycles. The molecule has 0 radical (unpaired) electrons. The summed E-state index contributed by atoms with van der Waals surface area (Å²) in [5, 5.41) is 22.5. The van der Waals surface area contributed by atoms with Crippen LogP contribution in [0.15, 0.2) is 78.9 Å². The van der Waals surface area contributed by atoms with Crippen molar-refractivity contribution < 1.29 is 24.4 Å². The number of carboxylic acids is 2. The summed E-state index contributed by atoms with van der Waals surface area (Å²) >= 11 is 0. The lowest BCUT2D eigenvalue weighted by atomic mass is 10.1. The molecule has 0 bridgehead atoms. The van der Waals surface area contributed by atoms with Crippen molar-refractivity contribution in [3.05, 3.63) is 90.0 Å². The molecule has 0 aromatic heterocycles. The molecule has 27 heavy (non-hydrogen) atoms.